The van der Waals surface area contributed by atoms with Crippen molar-refractivity contribution in [3.8, 4) is 6.07 Å². The Morgan fingerprint density at radius 2 is 2.03 bits per heavy atom. The van der Waals surface area contributed by atoms with Gasteiger partial charge in [-0.15, -0.1) is 0 Å². The van der Waals surface area contributed by atoms with Gasteiger partial charge in [-0.2, -0.15) is 5.26 Å². The van der Waals surface area contributed by atoms with Crippen LogP contribution < -0.4 is 0 Å². The number of rotatable bonds is 6. The van der Waals surface area contributed by atoms with Gasteiger partial charge in [-0.25, -0.2) is 9.97 Å². The quantitative estimate of drug-likeness (QED) is 0.714. The molecule has 1 amide bonds. The lowest BCUT2D eigenvalue weighted by Gasteiger charge is -2.34. The van der Waals surface area contributed by atoms with Gasteiger partial charge < -0.3 is 9.47 Å². The van der Waals surface area contributed by atoms with Crippen molar-refractivity contribution in [3.63, 3.8) is 0 Å². The van der Waals surface area contributed by atoms with E-state index < -0.39 is 0 Å². The number of fused-ring (bicyclic) bond motifs is 1. The van der Waals surface area contributed by atoms with Gasteiger partial charge in [-0.05, 0) is 49.1 Å². The number of pyridine rings is 1. The first-order chi connectivity index (χ1) is 14.5. The molecule has 0 unspecified atom stereocenters. The van der Waals surface area contributed by atoms with E-state index >= 15 is 0 Å². The molecule has 2 aliphatic rings. The van der Waals surface area contributed by atoms with Gasteiger partial charge in [-0.3, -0.25) is 4.79 Å². The Morgan fingerprint density at radius 3 is 2.70 bits per heavy atom. The Hall–Kier alpha value is -2.42. The van der Waals surface area contributed by atoms with E-state index in [2.05, 4.69) is 29.5 Å². The van der Waals surface area contributed by atoms with Gasteiger partial charge >= 0.3 is 0 Å². The average molecular weight is 408 g/mol. The maximum atomic E-state index is 13.2. The summed E-state index contributed by atoms with van der Waals surface area (Å²) in [6.07, 6.45) is 9.45. The van der Waals surface area contributed by atoms with E-state index in [1.165, 1.54) is 12.8 Å². The van der Waals surface area contributed by atoms with Crippen molar-refractivity contribution in [2.75, 3.05) is 13.1 Å². The summed E-state index contributed by atoms with van der Waals surface area (Å²) in [5.41, 5.74) is 1.91. The molecule has 0 radical (unpaired) electrons. The summed E-state index contributed by atoms with van der Waals surface area (Å²) >= 11 is 0. The molecule has 2 aromatic heterocycles. The van der Waals surface area contributed by atoms with Gasteiger partial charge in [0.05, 0.1) is 6.07 Å². The van der Waals surface area contributed by atoms with E-state index in [1.807, 2.05) is 23.2 Å². The van der Waals surface area contributed by atoms with Crippen molar-refractivity contribution < 1.29 is 4.79 Å². The first-order valence-electron chi connectivity index (χ1n) is 11.5. The molecule has 0 N–H and O–H groups in total. The van der Waals surface area contributed by atoms with Gasteiger partial charge in [-0.1, -0.05) is 26.7 Å². The van der Waals surface area contributed by atoms with E-state index in [1.54, 1.807) is 0 Å². The van der Waals surface area contributed by atoms with Crippen molar-refractivity contribution >= 4 is 17.1 Å². The predicted molar refractivity (Wildman–Crippen MR) is 117 cm³/mol. The summed E-state index contributed by atoms with van der Waals surface area (Å²) in [4.78, 5) is 24.7. The monoisotopic (exact) mass is 407 g/mol. The third-order valence-electron chi connectivity index (χ3n) is 6.88. The zero-order valence-corrected chi connectivity index (χ0v) is 18.3. The van der Waals surface area contributed by atoms with Crippen LogP contribution in [0.15, 0.2) is 18.3 Å². The Morgan fingerprint density at radius 1 is 1.30 bits per heavy atom. The number of hydrogen-bond donors (Lipinski definition) is 0. The molecule has 0 atom stereocenters. The topological polar surface area (TPSA) is 74.8 Å². The second-order valence-corrected chi connectivity index (χ2v) is 9.72. The lowest BCUT2D eigenvalue weighted by Crippen LogP contribution is -2.41. The molecular formula is C24H33N5O. The first kappa shape index (κ1) is 20.8. The number of carbonyl (C=O) groups excluding carboxylic acids is 1. The predicted octanol–water partition coefficient (Wildman–Crippen LogP) is 4.34. The zero-order valence-electron chi connectivity index (χ0n) is 18.3. The fraction of sp³-hybridized carbons (Fsp3) is 0.667. The third kappa shape index (κ3) is 4.35. The molecule has 2 fully saturated rings. The lowest BCUT2D eigenvalue weighted by atomic mass is 9.78. The number of amides is 1. The molecule has 3 heterocycles. The minimum Gasteiger partial charge on any atom is -0.343 e. The minimum absolute atomic E-state index is 0.000728. The molecule has 6 heteroatoms. The van der Waals surface area contributed by atoms with Crippen molar-refractivity contribution in [1.82, 2.24) is 19.4 Å². The summed E-state index contributed by atoms with van der Waals surface area (Å²) in [6.45, 7) is 6.79. The Balaban J connectivity index is 1.55. The van der Waals surface area contributed by atoms with Gasteiger partial charge in [0.25, 0.3) is 0 Å². The van der Waals surface area contributed by atoms with Crippen LogP contribution >= 0.6 is 0 Å². The van der Waals surface area contributed by atoms with E-state index in [4.69, 9.17) is 10.2 Å². The standard InChI is InChI=1S/C24H33N5O/c1-18(2)17-29-21(27-20-6-5-11-26-23(20)29)14-24(9-3-4-10-24)15-22(30)28-12-7-19(16-25)8-13-28/h5-6,11,18-19H,3-4,7-10,12-15,17H2,1-2H3. The molecule has 1 saturated carbocycles. The number of nitriles is 1. The van der Waals surface area contributed by atoms with Crippen molar-refractivity contribution in [2.45, 2.75) is 71.8 Å². The van der Waals surface area contributed by atoms with E-state index in [0.717, 1.165) is 68.7 Å². The van der Waals surface area contributed by atoms with Crippen molar-refractivity contribution in [1.29, 1.82) is 5.26 Å². The van der Waals surface area contributed by atoms with Crippen LogP contribution in [0, 0.1) is 28.6 Å². The summed E-state index contributed by atoms with van der Waals surface area (Å²) in [7, 11) is 0. The average Bonchev–Trinajstić information content (AvgIpc) is 3.33. The minimum atomic E-state index is -0.000728. The zero-order chi connectivity index (χ0) is 21.1. The third-order valence-corrected chi connectivity index (χ3v) is 6.88. The fourth-order valence-electron chi connectivity index (χ4n) is 5.26. The van der Waals surface area contributed by atoms with Crippen LogP contribution in [0.4, 0.5) is 0 Å². The van der Waals surface area contributed by atoms with Crippen LogP contribution in [0.5, 0.6) is 0 Å². The van der Waals surface area contributed by atoms with Crippen molar-refractivity contribution in [2.24, 2.45) is 17.3 Å². The summed E-state index contributed by atoms with van der Waals surface area (Å²) in [5.74, 6) is 1.96. The number of imidazole rings is 1. The largest absolute Gasteiger partial charge is 0.343 e. The second-order valence-electron chi connectivity index (χ2n) is 9.72. The molecule has 1 saturated heterocycles. The maximum Gasteiger partial charge on any atom is 0.223 e. The van der Waals surface area contributed by atoms with Gasteiger partial charge in [0.1, 0.15) is 11.3 Å². The molecule has 4 rings (SSSR count). The van der Waals surface area contributed by atoms with Crippen LogP contribution in [0.3, 0.4) is 0 Å². The van der Waals surface area contributed by atoms with Crippen molar-refractivity contribution in [3.05, 3.63) is 24.2 Å². The second kappa shape index (κ2) is 8.75. The Kier molecular flexibility index (Phi) is 6.08. The van der Waals surface area contributed by atoms with E-state index in [9.17, 15) is 4.79 Å². The van der Waals surface area contributed by atoms with Gasteiger partial charge in [0.15, 0.2) is 5.65 Å². The number of aromatic nitrogens is 3. The highest BCUT2D eigenvalue weighted by Crippen LogP contribution is 2.44. The molecule has 1 aliphatic heterocycles. The van der Waals surface area contributed by atoms with Crippen LogP contribution in [-0.2, 0) is 17.8 Å². The molecule has 0 bridgehead atoms. The highest BCUT2D eigenvalue weighted by molar-refractivity contribution is 5.77. The van der Waals surface area contributed by atoms with Crippen LogP contribution in [0.1, 0.15) is 64.6 Å². The summed E-state index contributed by atoms with van der Waals surface area (Å²) in [5, 5.41) is 9.13. The van der Waals surface area contributed by atoms with Gasteiger partial charge in [0, 0.05) is 44.6 Å². The van der Waals surface area contributed by atoms with Crippen LogP contribution in [0.2, 0.25) is 0 Å². The number of likely N-dealkylation sites (tertiary alicyclic amines) is 1. The van der Waals surface area contributed by atoms with Crippen LogP contribution in [0.25, 0.3) is 11.2 Å². The first-order valence-corrected chi connectivity index (χ1v) is 11.5. The highest BCUT2D eigenvalue weighted by atomic mass is 16.2. The van der Waals surface area contributed by atoms with E-state index in [-0.39, 0.29) is 17.2 Å². The van der Waals surface area contributed by atoms with E-state index in [0.29, 0.717) is 12.3 Å². The number of hydrogen-bond acceptors (Lipinski definition) is 4. The van der Waals surface area contributed by atoms with Gasteiger partial charge in [0.2, 0.25) is 5.91 Å². The number of nitrogens with zero attached hydrogens (tertiary/aromatic N) is 5. The maximum absolute atomic E-state index is 13.2. The normalized spacial score (nSPS) is 19.5. The smallest absolute Gasteiger partial charge is 0.223 e. The van der Waals surface area contributed by atoms with Crippen LogP contribution in [-0.4, -0.2) is 38.4 Å². The Labute approximate surface area is 179 Å². The SMILES string of the molecule is CC(C)Cn1c(CC2(CC(=O)N3CCC(C#N)CC3)CCCC2)nc2cccnc21. The molecule has 30 heavy (non-hydrogen) atoms. The molecule has 0 spiro atoms. The molecule has 6 nitrogen and oxygen atoms in total. The molecular weight excluding hydrogens is 374 g/mol. The number of carbonyl (C=O) groups is 1. The fourth-order valence-corrected chi connectivity index (χ4v) is 5.26. The Bertz CT molecular complexity index is 927. The number of piperidine rings is 1. The lowest BCUT2D eigenvalue weighted by molar-refractivity contribution is -0.135. The summed E-state index contributed by atoms with van der Waals surface area (Å²) < 4.78 is 2.28. The molecule has 1 aliphatic carbocycles. The molecule has 160 valence electrons. The molecule has 0 aromatic carbocycles. The summed E-state index contributed by atoms with van der Waals surface area (Å²) in [6, 6.07) is 6.34. The molecule has 2 aromatic rings. The highest BCUT2D eigenvalue weighted by Gasteiger charge is 2.39.